The molecule has 0 aliphatic carbocycles. The summed E-state index contributed by atoms with van der Waals surface area (Å²) in [5, 5.41) is 8.27. The minimum Gasteiger partial charge on any atom is -0.393 e. The number of hydrogen-bond acceptors (Lipinski definition) is 4. The zero-order valence-electron chi connectivity index (χ0n) is 9.01. The first-order valence-corrected chi connectivity index (χ1v) is 6.93. The zero-order chi connectivity index (χ0) is 11.6. The van der Waals surface area contributed by atoms with E-state index in [4.69, 9.17) is 0 Å². The number of piperidine rings is 1. The molecule has 6 heteroatoms. The molecule has 1 unspecified atom stereocenters. The molecule has 1 atom stereocenters. The van der Waals surface area contributed by atoms with Gasteiger partial charge in [-0.2, -0.15) is 0 Å². The van der Waals surface area contributed by atoms with Crippen LogP contribution >= 0.6 is 0 Å². The van der Waals surface area contributed by atoms with E-state index < -0.39 is 15.1 Å². The Labute approximate surface area is 90.0 Å². The summed E-state index contributed by atoms with van der Waals surface area (Å²) in [6, 6.07) is 0. The highest BCUT2D eigenvalue weighted by molar-refractivity contribution is 7.92. The number of carbonyl (C=O) groups excluding carboxylic acids is 1. The van der Waals surface area contributed by atoms with Crippen LogP contribution in [0.5, 0.6) is 0 Å². The topological polar surface area (TPSA) is 74.7 Å². The first-order chi connectivity index (χ1) is 6.82. The number of amides is 1. The van der Waals surface area contributed by atoms with Gasteiger partial charge in [0.1, 0.15) is 5.25 Å². The Morgan fingerprint density at radius 2 is 1.87 bits per heavy atom. The fraction of sp³-hybridized carbons (Fsp3) is 0.889. The Balaban J connectivity index is 2.62. The van der Waals surface area contributed by atoms with Crippen LogP contribution in [0.1, 0.15) is 19.8 Å². The molecule has 15 heavy (non-hydrogen) atoms. The number of likely N-dealkylation sites (tertiary alicyclic amines) is 1. The molecule has 1 rings (SSSR count). The molecule has 1 fully saturated rings. The molecule has 1 aliphatic heterocycles. The molecule has 0 aromatic rings. The Bertz CT molecular complexity index is 330. The molecule has 0 bridgehead atoms. The highest BCUT2D eigenvalue weighted by Gasteiger charge is 2.30. The van der Waals surface area contributed by atoms with E-state index >= 15 is 0 Å². The molecular weight excluding hydrogens is 218 g/mol. The second-order valence-electron chi connectivity index (χ2n) is 4.03. The predicted molar refractivity (Wildman–Crippen MR) is 56.1 cm³/mol. The van der Waals surface area contributed by atoms with E-state index in [1.54, 1.807) is 0 Å². The predicted octanol–water partition coefficient (Wildman–Crippen LogP) is -0.597. The van der Waals surface area contributed by atoms with Gasteiger partial charge in [0.2, 0.25) is 5.91 Å². The smallest absolute Gasteiger partial charge is 0.240 e. The quantitative estimate of drug-likeness (QED) is 0.693. The number of sulfone groups is 1. The Morgan fingerprint density at radius 1 is 1.40 bits per heavy atom. The third-order valence-electron chi connectivity index (χ3n) is 2.77. The van der Waals surface area contributed by atoms with Crippen molar-refractivity contribution in [1.29, 1.82) is 0 Å². The highest BCUT2D eigenvalue weighted by Crippen LogP contribution is 2.13. The van der Waals surface area contributed by atoms with Crippen molar-refractivity contribution in [2.75, 3.05) is 19.3 Å². The number of aliphatic hydroxyl groups excluding tert-OH is 1. The maximum atomic E-state index is 11.7. The third-order valence-corrected chi connectivity index (χ3v) is 4.25. The first kappa shape index (κ1) is 12.4. The van der Waals surface area contributed by atoms with Gasteiger partial charge in [-0.15, -0.1) is 0 Å². The van der Waals surface area contributed by atoms with E-state index in [1.807, 2.05) is 0 Å². The van der Waals surface area contributed by atoms with Crippen molar-refractivity contribution in [3.8, 4) is 0 Å². The van der Waals surface area contributed by atoms with E-state index in [0.717, 1.165) is 6.26 Å². The third kappa shape index (κ3) is 3.17. The molecule has 1 amide bonds. The average Bonchev–Trinajstić information content (AvgIpc) is 2.15. The minimum atomic E-state index is -3.32. The van der Waals surface area contributed by atoms with Crippen LogP contribution < -0.4 is 0 Å². The Kier molecular flexibility index (Phi) is 3.72. The average molecular weight is 235 g/mol. The Morgan fingerprint density at radius 3 is 2.27 bits per heavy atom. The first-order valence-electron chi connectivity index (χ1n) is 4.98. The van der Waals surface area contributed by atoms with E-state index in [0.29, 0.717) is 25.9 Å². The van der Waals surface area contributed by atoms with E-state index in [1.165, 1.54) is 11.8 Å². The van der Waals surface area contributed by atoms with Crippen molar-refractivity contribution >= 4 is 15.7 Å². The highest BCUT2D eigenvalue weighted by atomic mass is 32.2. The van der Waals surface area contributed by atoms with Gasteiger partial charge in [-0.3, -0.25) is 4.79 Å². The van der Waals surface area contributed by atoms with Gasteiger partial charge in [0.25, 0.3) is 0 Å². The molecule has 0 radical (unpaired) electrons. The summed E-state index contributed by atoms with van der Waals surface area (Å²) in [6.45, 7) is 2.29. The monoisotopic (exact) mass is 235 g/mol. The molecule has 5 nitrogen and oxygen atoms in total. The lowest BCUT2D eigenvalue weighted by molar-refractivity contribution is -0.132. The summed E-state index contributed by atoms with van der Waals surface area (Å²) < 4.78 is 22.4. The lowest BCUT2D eigenvalue weighted by Gasteiger charge is -2.31. The molecule has 1 N–H and O–H groups in total. The number of hydrogen-bond donors (Lipinski definition) is 1. The number of nitrogens with zero attached hydrogens (tertiary/aromatic N) is 1. The zero-order valence-corrected chi connectivity index (χ0v) is 9.83. The Hall–Kier alpha value is -0.620. The summed E-state index contributed by atoms with van der Waals surface area (Å²) in [5.74, 6) is -0.357. The summed E-state index contributed by atoms with van der Waals surface area (Å²) in [7, 11) is -3.32. The molecule has 1 saturated heterocycles. The van der Waals surface area contributed by atoms with Gasteiger partial charge in [-0.25, -0.2) is 8.42 Å². The molecule has 0 aromatic heterocycles. The summed E-state index contributed by atoms with van der Waals surface area (Å²) in [4.78, 5) is 13.2. The molecule has 0 saturated carbocycles. The fourth-order valence-corrected chi connectivity index (χ4v) is 2.04. The summed E-state index contributed by atoms with van der Waals surface area (Å²) >= 11 is 0. The number of carbonyl (C=O) groups is 1. The van der Waals surface area contributed by atoms with Gasteiger partial charge in [0.15, 0.2) is 9.84 Å². The van der Waals surface area contributed by atoms with E-state index in [2.05, 4.69) is 0 Å². The van der Waals surface area contributed by atoms with Crippen molar-refractivity contribution in [2.45, 2.75) is 31.1 Å². The molecule has 0 spiro atoms. The number of rotatable bonds is 2. The van der Waals surface area contributed by atoms with Crippen molar-refractivity contribution in [2.24, 2.45) is 0 Å². The van der Waals surface area contributed by atoms with Crippen LogP contribution in [0.3, 0.4) is 0 Å². The SMILES string of the molecule is CC(C(=O)N1CCC(O)CC1)S(C)(=O)=O. The number of aliphatic hydroxyl groups is 1. The second-order valence-corrected chi connectivity index (χ2v) is 6.39. The van der Waals surface area contributed by atoms with Gasteiger partial charge in [0, 0.05) is 19.3 Å². The molecule has 1 heterocycles. The molecule has 88 valence electrons. The van der Waals surface area contributed by atoms with Gasteiger partial charge < -0.3 is 10.0 Å². The van der Waals surface area contributed by atoms with Gasteiger partial charge >= 0.3 is 0 Å². The second kappa shape index (κ2) is 4.49. The normalized spacial score (nSPS) is 21.4. The van der Waals surface area contributed by atoms with Crippen molar-refractivity contribution in [3.05, 3.63) is 0 Å². The van der Waals surface area contributed by atoms with Crippen LogP contribution in [0.15, 0.2) is 0 Å². The minimum absolute atomic E-state index is 0.357. The summed E-state index contributed by atoms with van der Waals surface area (Å²) in [6.07, 6.45) is 1.77. The molecular formula is C9H17NO4S. The fourth-order valence-electron chi connectivity index (χ4n) is 1.53. The maximum absolute atomic E-state index is 11.7. The van der Waals surface area contributed by atoms with Gasteiger partial charge in [-0.05, 0) is 19.8 Å². The van der Waals surface area contributed by atoms with Crippen molar-refractivity contribution < 1.29 is 18.3 Å². The van der Waals surface area contributed by atoms with Crippen LogP contribution in [0.25, 0.3) is 0 Å². The molecule has 1 aliphatic rings. The van der Waals surface area contributed by atoms with Crippen LogP contribution in [-0.2, 0) is 14.6 Å². The van der Waals surface area contributed by atoms with E-state index in [9.17, 15) is 18.3 Å². The lowest BCUT2D eigenvalue weighted by atomic mass is 10.1. The largest absolute Gasteiger partial charge is 0.393 e. The van der Waals surface area contributed by atoms with Crippen LogP contribution in [0, 0.1) is 0 Å². The van der Waals surface area contributed by atoms with Crippen LogP contribution in [0.2, 0.25) is 0 Å². The van der Waals surface area contributed by atoms with Crippen LogP contribution in [-0.4, -0.2) is 55.0 Å². The van der Waals surface area contributed by atoms with Gasteiger partial charge in [-0.1, -0.05) is 0 Å². The van der Waals surface area contributed by atoms with Crippen molar-refractivity contribution in [1.82, 2.24) is 4.90 Å². The molecule has 0 aromatic carbocycles. The van der Waals surface area contributed by atoms with E-state index in [-0.39, 0.29) is 12.0 Å². The summed E-state index contributed by atoms with van der Waals surface area (Å²) in [5.41, 5.74) is 0. The lowest BCUT2D eigenvalue weighted by Crippen LogP contribution is -2.46. The maximum Gasteiger partial charge on any atom is 0.240 e. The van der Waals surface area contributed by atoms with Crippen LogP contribution in [0.4, 0.5) is 0 Å². The standard InChI is InChI=1S/C9H17NO4S/c1-7(15(2,13)14)9(12)10-5-3-8(11)4-6-10/h7-8,11H,3-6H2,1-2H3. The van der Waals surface area contributed by atoms with Crippen molar-refractivity contribution in [3.63, 3.8) is 0 Å². The van der Waals surface area contributed by atoms with Gasteiger partial charge in [0.05, 0.1) is 6.10 Å².